The molecule has 0 bridgehead atoms. The largest absolute Gasteiger partial charge is 0.329 e. The van der Waals surface area contributed by atoms with Gasteiger partial charge in [-0.25, -0.2) is 0 Å². The lowest BCUT2D eigenvalue weighted by Crippen LogP contribution is -2.28. The third-order valence-corrected chi connectivity index (χ3v) is 2.56. The summed E-state index contributed by atoms with van der Waals surface area (Å²) in [4.78, 5) is 0. The summed E-state index contributed by atoms with van der Waals surface area (Å²) in [7, 11) is 0. The average Bonchev–Trinajstić information content (AvgIpc) is 2.71. The van der Waals surface area contributed by atoms with Gasteiger partial charge in [-0.05, 0) is 24.7 Å². The molecule has 0 aliphatic heterocycles. The van der Waals surface area contributed by atoms with E-state index in [0.29, 0.717) is 5.41 Å². The van der Waals surface area contributed by atoms with Crippen molar-refractivity contribution in [1.82, 2.24) is 5.32 Å². The molecule has 11 heavy (non-hydrogen) atoms. The summed E-state index contributed by atoms with van der Waals surface area (Å²) >= 11 is 0. The first-order chi connectivity index (χ1) is 5.33. The van der Waals surface area contributed by atoms with E-state index in [-0.39, 0.29) is 0 Å². The normalized spacial score (nSPS) is 20.2. The van der Waals surface area contributed by atoms with E-state index in [1.807, 2.05) is 0 Å². The molecule has 0 aromatic rings. The molecule has 0 aromatic heterocycles. The molecule has 0 atom stereocenters. The van der Waals surface area contributed by atoms with Crippen LogP contribution in [0, 0.1) is 5.41 Å². The zero-order chi connectivity index (χ0) is 8.16. The van der Waals surface area contributed by atoms with Crippen molar-refractivity contribution >= 4 is 0 Å². The van der Waals surface area contributed by atoms with Gasteiger partial charge < -0.3 is 11.1 Å². The Labute approximate surface area is 69.5 Å². The van der Waals surface area contributed by atoms with Gasteiger partial charge in [0, 0.05) is 19.6 Å². The molecule has 1 aliphatic carbocycles. The van der Waals surface area contributed by atoms with E-state index in [0.717, 1.165) is 13.1 Å². The molecule has 66 valence electrons. The van der Waals surface area contributed by atoms with Crippen LogP contribution in [0.4, 0.5) is 0 Å². The van der Waals surface area contributed by atoms with Crippen LogP contribution in [0.15, 0.2) is 0 Å². The van der Waals surface area contributed by atoms with Gasteiger partial charge >= 0.3 is 0 Å². The highest BCUT2D eigenvalue weighted by atomic mass is 14.9. The molecule has 0 heterocycles. The van der Waals surface area contributed by atoms with Gasteiger partial charge in [0.15, 0.2) is 0 Å². The predicted octanol–water partition coefficient (Wildman–Crippen LogP) is 1.11. The average molecular weight is 156 g/mol. The van der Waals surface area contributed by atoms with Crippen molar-refractivity contribution in [2.45, 2.75) is 32.6 Å². The molecule has 0 unspecified atom stereocenters. The first-order valence-electron chi connectivity index (χ1n) is 4.74. The van der Waals surface area contributed by atoms with Gasteiger partial charge in [-0.3, -0.25) is 0 Å². The van der Waals surface area contributed by atoms with Crippen molar-refractivity contribution in [3.8, 4) is 0 Å². The van der Waals surface area contributed by atoms with E-state index >= 15 is 0 Å². The van der Waals surface area contributed by atoms with Crippen molar-refractivity contribution < 1.29 is 0 Å². The standard InChI is InChI=1S/C9H20N2/c1-2-3-9(4-5-9)8-11-7-6-10/h11H,2-8,10H2,1H3. The Morgan fingerprint density at radius 2 is 2.18 bits per heavy atom. The first kappa shape index (κ1) is 9.01. The first-order valence-corrected chi connectivity index (χ1v) is 4.74. The minimum atomic E-state index is 0.684. The fourth-order valence-electron chi connectivity index (χ4n) is 1.68. The molecule has 1 rings (SSSR count). The van der Waals surface area contributed by atoms with Crippen LogP contribution < -0.4 is 11.1 Å². The zero-order valence-electron chi connectivity index (χ0n) is 7.53. The summed E-state index contributed by atoms with van der Waals surface area (Å²) in [5.41, 5.74) is 6.07. The van der Waals surface area contributed by atoms with Gasteiger partial charge in [-0.2, -0.15) is 0 Å². The third kappa shape index (κ3) is 2.80. The lowest BCUT2D eigenvalue weighted by Gasteiger charge is -2.13. The molecule has 0 aromatic carbocycles. The van der Waals surface area contributed by atoms with Crippen LogP contribution in [0.3, 0.4) is 0 Å². The lowest BCUT2D eigenvalue weighted by molar-refractivity contribution is 0.424. The summed E-state index contributed by atoms with van der Waals surface area (Å²) in [6.07, 6.45) is 5.58. The number of hydrogen-bond donors (Lipinski definition) is 2. The molecule has 0 amide bonds. The van der Waals surface area contributed by atoms with Crippen molar-refractivity contribution in [3.63, 3.8) is 0 Å². The molecule has 3 N–H and O–H groups in total. The van der Waals surface area contributed by atoms with Crippen molar-refractivity contribution in [2.75, 3.05) is 19.6 Å². The SMILES string of the molecule is CCCC1(CNCCN)CC1. The molecular weight excluding hydrogens is 136 g/mol. The summed E-state index contributed by atoms with van der Waals surface area (Å²) in [5.74, 6) is 0. The number of rotatable bonds is 6. The van der Waals surface area contributed by atoms with Crippen LogP contribution in [0.1, 0.15) is 32.6 Å². The molecule has 0 spiro atoms. The van der Waals surface area contributed by atoms with E-state index in [1.54, 1.807) is 0 Å². The lowest BCUT2D eigenvalue weighted by atomic mass is 10.0. The number of nitrogens with one attached hydrogen (secondary N) is 1. The Kier molecular flexibility index (Phi) is 3.34. The molecule has 1 saturated carbocycles. The minimum Gasteiger partial charge on any atom is -0.329 e. The molecule has 1 aliphatic rings. The smallest absolute Gasteiger partial charge is 0.00747 e. The van der Waals surface area contributed by atoms with Gasteiger partial charge in [-0.1, -0.05) is 13.3 Å². The Hall–Kier alpha value is -0.0800. The van der Waals surface area contributed by atoms with Crippen molar-refractivity contribution in [3.05, 3.63) is 0 Å². The second-order valence-corrected chi connectivity index (χ2v) is 3.72. The summed E-state index contributed by atoms with van der Waals surface area (Å²) in [5, 5.41) is 3.40. The van der Waals surface area contributed by atoms with Crippen LogP contribution in [0.25, 0.3) is 0 Å². The monoisotopic (exact) mass is 156 g/mol. The predicted molar refractivity (Wildman–Crippen MR) is 48.5 cm³/mol. The minimum absolute atomic E-state index is 0.684. The Morgan fingerprint density at radius 3 is 2.64 bits per heavy atom. The Morgan fingerprint density at radius 1 is 1.45 bits per heavy atom. The van der Waals surface area contributed by atoms with E-state index < -0.39 is 0 Å². The van der Waals surface area contributed by atoms with Gasteiger partial charge in [0.2, 0.25) is 0 Å². The van der Waals surface area contributed by atoms with Crippen LogP contribution in [0.5, 0.6) is 0 Å². The van der Waals surface area contributed by atoms with Crippen LogP contribution in [-0.2, 0) is 0 Å². The molecule has 1 fully saturated rings. The van der Waals surface area contributed by atoms with E-state index in [4.69, 9.17) is 5.73 Å². The third-order valence-electron chi connectivity index (χ3n) is 2.56. The Balaban J connectivity index is 2.04. The fraction of sp³-hybridized carbons (Fsp3) is 1.00. The molecular formula is C9H20N2. The summed E-state index contributed by atoms with van der Waals surface area (Å²) < 4.78 is 0. The van der Waals surface area contributed by atoms with Gasteiger partial charge in [0.25, 0.3) is 0 Å². The second-order valence-electron chi connectivity index (χ2n) is 3.72. The van der Waals surface area contributed by atoms with Crippen LogP contribution in [0.2, 0.25) is 0 Å². The quantitative estimate of drug-likeness (QED) is 0.565. The number of nitrogens with two attached hydrogens (primary N) is 1. The van der Waals surface area contributed by atoms with Crippen LogP contribution >= 0.6 is 0 Å². The van der Waals surface area contributed by atoms with Gasteiger partial charge in [0.05, 0.1) is 0 Å². The highest BCUT2D eigenvalue weighted by Gasteiger charge is 2.40. The molecule has 0 radical (unpaired) electrons. The maximum Gasteiger partial charge on any atom is 0.00747 e. The molecule has 0 saturated heterocycles. The molecule has 2 heteroatoms. The number of hydrogen-bond acceptors (Lipinski definition) is 2. The van der Waals surface area contributed by atoms with E-state index in [9.17, 15) is 0 Å². The fourth-order valence-corrected chi connectivity index (χ4v) is 1.68. The van der Waals surface area contributed by atoms with Crippen LogP contribution in [-0.4, -0.2) is 19.6 Å². The van der Waals surface area contributed by atoms with Crippen molar-refractivity contribution in [1.29, 1.82) is 0 Å². The second kappa shape index (κ2) is 4.07. The maximum absolute atomic E-state index is 5.39. The highest BCUT2D eigenvalue weighted by molar-refractivity contribution is 4.94. The van der Waals surface area contributed by atoms with Crippen molar-refractivity contribution in [2.24, 2.45) is 11.1 Å². The van der Waals surface area contributed by atoms with E-state index in [2.05, 4.69) is 12.2 Å². The molecule has 2 nitrogen and oxygen atoms in total. The van der Waals surface area contributed by atoms with E-state index in [1.165, 1.54) is 32.2 Å². The maximum atomic E-state index is 5.39. The highest BCUT2D eigenvalue weighted by Crippen LogP contribution is 2.48. The zero-order valence-corrected chi connectivity index (χ0v) is 7.53. The van der Waals surface area contributed by atoms with Gasteiger partial charge in [0.1, 0.15) is 0 Å². The Bertz CT molecular complexity index is 108. The van der Waals surface area contributed by atoms with Gasteiger partial charge in [-0.15, -0.1) is 0 Å². The summed E-state index contributed by atoms with van der Waals surface area (Å²) in [6.45, 7) is 5.20. The topological polar surface area (TPSA) is 38.0 Å². The summed E-state index contributed by atoms with van der Waals surface area (Å²) in [6, 6.07) is 0.